The molecule has 1 aromatic heterocycles. The molecule has 0 spiro atoms. The molecule has 174 valence electrons. The van der Waals surface area contributed by atoms with Gasteiger partial charge in [-0.25, -0.2) is 0 Å². The average molecular weight is 456 g/mol. The van der Waals surface area contributed by atoms with Gasteiger partial charge in [-0.05, 0) is 74.4 Å². The molecule has 1 aromatic carbocycles. The lowest BCUT2D eigenvalue weighted by Crippen LogP contribution is -2.56. The molecule has 2 bridgehead atoms. The van der Waals surface area contributed by atoms with E-state index in [0.29, 0.717) is 12.0 Å². The number of aliphatic hydroxyl groups is 1. The van der Waals surface area contributed by atoms with Crippen molar-refractivity contribution >= 4 is 27.3 Å². The van der Waals surface area contributed by atoms with Crippen LogP contribution in [0.1, 0.15) is 56.9 Å². The molecule has 2 atom stereocenters. The molecule has 6 nitrogen and oxygen atoms in total. The van der Waals surface area contributed by atoms with Crippen LogP contribution in [0.5, 0.6) is 0 Å². The summed E-state index contributed by atoms with van der Waals surface area (Å²) in [6, 6.07) is 7.90. The van der Waals surface area contributed by atoms with E-state index in [1.54, 1.807) is 0 Å². The van der Waals surface area contributed by atoms with Crippen molar-refractivity contribution in [1.82, 2.24) is 19.5 Å². The van der Waals surface area contributed by atoms with Crippen LogP contribution in [-0.2, 0) is 0 Å². The summed E-state index contributed by atoms with van der Waals surface area (Å²) in [5.41, 5.74) is 2.10. The van der Waals surface area contributed by atoms with Crippen molar-refractivity contribution in [1.29, 1.82) is 0 Å². The zero-order chi connectivity index (χ0) is 21.5. The fraction of sp³-hybridized carbons (Fsp3) is 0.720. The Morgan fingerprint density at radius 2 is 1.75 bits per heavy atom. The van der Waals surface area contributed by atoms with Crippen LogP contribution < -0.4 is 10.2 Å². The monoisotopic (exact) mass is 455 g/mol. The number of nitrogens with one attached hydrogen (secondary N) is 1. The number of piperidine rings is 3. The minimum atomic E-state index is -0.681. The molecule has 0 radical (unpaired) electrons. The summed E-state index contributed by atoms with van der Waals surface area (Å²) in [7, 11) is 0. The van der Waals surface area contributed by atoms with E-state index in [4.69, 9.17) is 0 Å². The predicted octanol–water partition coefficient (Wildman–Crippen LogP) is 3.43. The van der Waals surface area contributed by atoms with Crippen molar-refractivity contribution in [3.8, 4) is 0 Å². The molecular weight excluding hydrogens is 418 g/mol. The van der Waals surface area contributed by atoms with Crippen molar-refractivity contribution in [2.24, 2.45) is 5.92 Å². The van der Waals surface area contributed by atoms with Gasteiger partial charge in [-0.2, -0.15) is 4.37 Å². The quantitative estimate of drug-likeness (QED) is 0.674. The molecule has 1 aliphatic carbocycles. The van der Waals surface area contributed by atoms with Gasteiger partial charge in [-0.15, -0.1) is 0 Å². The molecule has 5 fully saturated rings. The number of nitrogens with zero attached hydrogens (tertiary/aromatic N) is 4. The molecule has 4 saturated heterocycles. The first kappa shape index (κ1) is 21.3. The number of hydrogen-bond acceptors (Lipinski definition) is 7. The Hall–Kier alpha value is -1.25. The smallest absolute Gasteiger partial charge is 0.150 e. The maximum atomic E-state index is 11.0. The highest BCUT2D eigenvalue weighted by atomic mass is 32.1. The lowest BCUT2D eigenvalue weighted by Gasteiger charge is -2.45. The molecule has 2 aromatic rings. The number of aliphatic hydroxyl groups excluding tert-OH is 1. The second kappa shape index (κ2) is 9.18. The molecule has 2 N–H and O–H groups in total. The van der Waals surface area contributed by atoms with Crippen molar-refractivity contribution < 1.29 is 5.11 Å². The van der Waals surface area contributed by atoms with Crippen LogP contribution in [-0.4, -0.2) is 77.2 Å². The van der Waals surface area contributed by atoms with Gasteiger partial charge in [0.2, 0.25) is 0 Å². The van der Waals surface area contributed by atoms with E-state index in [2.05, 4.69) is 42.6 Å². The van der Waals surface area contributed by atoms with E-state index < -0.39 is 6.23 Å². The second-order valence-corrected chi connectivity index (χ2v) is 11.2. The highest BCUT2D eigenvalue weighted by Gasteiger charge is 2.35. The number of hydrogen-bond donors (Lipinski definition) is 2. The Kier molecular flexibility index (Phi) is 6.11. The van der Waals surface area contributed by atoms with E-state index in [9.17, 15) is 5.11 Å². The minimum absolute atomic E-state index is 0.379. The standard InChI is InChI=1S/C25H37N5OS/c31-25(26-22-17-28-10-8-18(22)9-11-28)24-21-7-6-20(16-23(21)32-27-24)30-14-12-29(13-15-30)19-4-2-1-3-5-19/h6-7,16,18-19,22,25-26,31H,1-5,8-15,17H2/t22-,25?/m1/s1. The van der Waals surface area contributed by atoms with E-state index >= 15 is 0 Å². The SMILES string of the molecule is OC(N[C@@H]1CN2CCC1CC2)c1nsc2cc(N3CCN(C4CCCCC4)CC3)ccc12. The van der Waals surface area contributed by atoms with Crippen LogP contribution in [0, 0.1) is 5.92 Å². The number of piperazine rings is 1. The third kappa shape index (κ3) is 4.18. The fourth-order valence-electron chi connectivity index (χ4n) is 6.57. The van der Waals surface area contributed by atoms with Gasteiger partial charge in [0.25, 0.3) is 0 Å². The fourth-order valence-corrected chi connectivity index (χ4v) is 7.41. The number of aromatic nitrogens is 1. The molecule has 5 aliphatic rings. The van der Waals surface area contributed by atoms with E-state index in [-0.39, 0.29) is 0 Å². The minimum Gasteiger partial charge on any atom is -0.373 e. The summed E-state index contributed by atoms with van der Waals surface area (Å²) >= 11 is 1.52. The third-order valence-electron chi connectivity index (χ3n) is 8.54. The van der Waals surface area contributed by atoms with E-state index in [1.807, 2.05) is 0 Å². The molecular formula is C25H37N5OS. The number of fused-ring (bicyclic) bond motifs is 4. The van der Waals surface area contributed by atoms with Gasteiger partial charge in [-0.3, -0.25) is 10.2 Å². The molecule has 1 saturated carbocycles. The number of rotatable bonds is 5. The number of benzene rings is 1. The summed E-state index contributed by atoms with van der Waals surface area (Å²) in [5, 5.41) is 15.6. The van der Waals surface area contributed by atoms with E-state index in [1.165, 1.54) is 93.0 Å². The summed E-state index contributed by atoms with van der Waals surface area (Å²) in [4.78, 5) is 7.78. The van der Waals surface area contributed by atoms with Crippen molar-refractivity contribution in [3.63, 3.8) is 0 Å². The first-order valence-electron chi connectivity index (χ1n) is 12.8. The molecule has 4 aliphatic heterocycles. The first-order valence-corrected chi connectivity index (χ1v) is 13.6. The van der Waals surface area contributed by atoms with Gasteiger partial charge in [-0.1, -0.05) is 19.3 Å². The van der Waals surface area contributed by atoms with E-state index in [0.717, 1.165) is 36.8 Å². The Bertz CT molecular complexity index is 912. The van der Waals surface area contributed by atoms with Gasteiger partial charge in [0.1, 0.15) is 11.9 Å². The molecule has 7 rings (SSSR count). The Balaban J connectivity index is 1.11. The molecule has 1 unspecified atom stereocenters. The van der Waals surface area contributed by atoms with Crippen LogP contribution in [0.2, 0.25) is 0 Å². The van der Waals surface area contributed by atoms with Crippen LogP contribution in [0.15, 0.2) is 18.2 Å². The topological polar surface area (TPSA) is 54.9 Å². The Morgan fingerprint density at radius 1 is 0.969 bits per heavy atom. The van der Waals surface area contributed by atoms with Crippen LogP contribution in [0.25, 0.3) is 10.1 Å². The molecule has 32 heavy (non-hydrogen) atoms. The third-order valence-corrected chi connectivity index (χ3v) is 9.36. The van der Waals surface area contributed by atoms with Gasteiger partial charge >= 0.3 is 0 Å². The molecule has 5 heterocycles. The Labute approximate surface area is 195 Å². The predicted molar refractivity (Wildman–Crippen MR) is 131 cm³/mol. The second-order valence-electron chi connectivity index (χ2n) is 10.4. The van der Waals surface area contributed by atoms with Crippen molar-refractivity contribution in [3.05, 3.63) is 23.9 Å². The Morgan fingerprint density at radius 3 is 2.47 bits per heavy atom. The van der Waals surface area contributed by atoms with Crippen molar-refractivity contribution in [2.75, 3.05) is 50.7 Å². The zero-order valence-corrected chi connectivity index (χ0v) is 19.9. The number of anilines is 1. The maximum Gasteiger partial charge on any atom is 0.150 e. The maximum absolute atomic E-state index is 11.0. The summed E-state index contributed by atoms with van der Waals surface area (Å²) in [6.45, 7) is 8.07. The normalized spacial score (nSPS) is 30.8. The van der Waals surface area contributed by atoms with Gasteiger partial charge in [0, 0.05) is 55.9 Å². The van der Waals surface area contributed by atoms with Crippen LogP contribution in [0.4, 0.5) is 5.69 Å². The van der Waals surface area contributed by atoms with Crippen LogP contribution >= 0.6 is 11.5 Å². The van der Waals surface area contributed by atoms with Gasteiger partial charge in [0.05, 0.1) is 4.70 Å². The molecule has 0 amide bonds. The first-order chi connectivity index (χ1) is 15.7. The summed E-state index contributed by atoms with van der Waals surface area (Å²) in [6.07, 6.45) is 8.86. The highest BCUT2D eigenvalue weighted by Crippen LogP contribution is 2.33. The van der Waals surface area contributed by atoms with Gasteiger partial charge < -0.3 is 14.9 Å². The largest absolute Gasteiger partial charge is 0.373 e. The van der Waals surface area contributed by atoms with Crippen LogP contribution in [0.3, 0.4) is 0 Å². The molecule has 7 heteroatoms. The lowest BCUT2D eigenvalue weighted by molar-refractivity contribution is 0.0303. The summed E-state index contributed by atoms with van der Waals surface area (Å²) in [5.74, 6) is 0.693. The van der Waals surface area contributed by atoms with Crippen molar-refractivity contribution in [2.45, 2.75) is 63.3 Å². The summed E-state index contributed by atoms with van der Waals surface area (Å²) < 4.78 is 5.85. The highest BCUT2D eigenvalue weighted by molar-refractivity contribution is 7.13. The van der Waals surface area contributed by atoms with Gasteiger partial charge in [0.15, 0.2) is 0 Å². The zero-order valence-electron chi connectivity index (χ0n) is 19.1. The lowest BCUT2D eigenvalue weighted by atomic mass is 9.84. The average Bonchev–Trinajstić information content (AvgIpc) is 3.29.